The maximum Gasteiger partial charge on any atom is 0.193 e. The molecule has 2 aromatic rings. The molecule has 0 heterocycles. The minimum atomic E-state index is -0.0526. The molecule has 2 aromatic carbocycles. The van der Waals surface area contributed by atoms with Crippen molar-refractivity contribution in [3.63, 3.8) is 0 Å². The van der Waals surface area contributed by atoms with Crippen LogP contribution in [-0.4, -0.2) is 10.9 Å². The number of allylic oxidation sites excluding steroid dienone is 1. The molecule has 2 nitrogen and oxygen atoms in total. The van der Waals surface area contributed by atoms with E-state index in [1.807, 2.05) is 54.6 Å². The van der Waals surface area contributed by atoms with E-state index in [0.29, 0.717) is 23.1 Å². The Morgan fingerprint density at radius 3 is 2.37 bits per heavy atom. The summed E-state index contributed by atoms with van der Waals surface area (Å²) in [7, 11) is 0. The fourth-order valence-corrected chi connectivity index (χ4v) is 2.49. The van der Waals surface area contributed by atoms with Crippen molar-refractivity contribution >= 4 is 11.5 Å². The number of aliphatic hydroxyl groups excluding tert-OH is 1. The van der Waals surface area contributed by atoms with Crippen LogP contribution < -0.4 is 0 Å². The first-order valence-corrected chi connectivity index (χ1v) is 6.37. The molecule has 0 spiro atoms. The lowest BCUT2D eigenvalue weighted by atomic mass is 9.85. The van der Waals surface area contributed by atoms with Gasteiger partial charge in [-0.05, 0) is 18.4 Å². The van der Waals surface area contributed by atoms with Gasteiger partial charge in [-0.1, -0.05) is 54.6 Å². The van der Waals surface area contributed by atoms with E-state index in [1.54, 1.807) is 0 Å². The number of fused-ring (bicyclic) bond motifs is 1. The summed E-state index contributed by atoms with van der Waals surface area (Å²) in [6.07, 6.45) is 1.39. The van der Waals surface area contributed by atoms with Crippen LogP contribution in [0, 0.1) is 0 Å². The van der Waals surface area contributed by atoms with E-state index in [4.69, 9.17) is 0 Å². The Hall–Kier alpha value is -2.35. The second kappa shape index (κ2) is 4.73. The highest BCUT2D eigenvalue weighted by molar-refractivity contribution is 6.14. The zero-order chi connectivity index (χ0) is 13.2. The van der Waals surface area contributed by atoms with E-state index in [2.05, 4.69) is 0 Å². The number of aryl methyl sites for hydroxylation is 1. The molecule has 0 aromatic heterocycles. The van der Waals surface area contributed by atoms with Gasteiger partial charge in [0.05, 0.1) is 0 Å². The normalized spacial score (nSPS) is 16.9. The van der Waals surface area contributed by atoms with Gasteiger partial charge in [-0.25, -0.2) is 0 Å². The summed E-state index contributed by atoms with van der Waals surface area (Å²) >= 11 is 0. The van der Waals surface area contributed by atoms with Crippen LogP contribution in [0.1, 0.15) is 27.9 Å². The first-order valence-electron chi connectivity index (χ1n) is 6.37. The lowest BCUT2D eigenvalue weighted by molar-refractivity contribution is 0.102. The van der Waals surface area contributed by atoms with Gasteiger partial charge in [0.2, 0.25) is 0 Å². The summed E-state index contributed by atoms with van der Waals surface area (Å²) in [4.78, 5) is 12.4. The maximum atomic E-state index is 12.4. The van der Waals surface area contributed by atoms with Crippen LogP contribution >= 0.6 is 0 Å². The van der Waals surface area contributed by atoms with Crippen LogP contribution in [0.25, 0.3) is 5.76 Å². The highest BCUT2D eigenvalue weighted by Crippen LogP contribution is 2.29. The Morgan fingerprint density at radius 2 is 1.58 bits per heavy atom. The number of hydrogen-bond donors (Lipinski definition) is 1. The monoisotopic (exact) mass is 250 g/mol. The molecular formula is C17H14O2. The predicted octanol–water partition coefficient (Wildman–Crippen LogP) is 3.78. The van der Waals surface area contributed by atoms with Gasteiger partial charge < -0.3 is 5.11 Å². The topological polar surface area (TPSA) is 37.3 Å². The third-order valence-electron chi connectivity index (χ3n) is 3.51. The van der Waals surface area contributed by atoms with Crippen molar-refractivity contribution in [2.24, 2.45) is 0 Å². The summed E-state index contributed by atoms with van der Waals surface area (Å²) in [5, 5.41) is 10.3. The van der Waals surface area contributed by atoms with Crippen LogP contribution in [0.2, 0.25) is 0 Å². The average Bonchev–Trinajstić information content (AvgIpc) is 2.48. The van der Waals surface area contributed by atoms with Crippen molar-refractivity contribution in [3.8, 4) is 0 Å². The molecule has 1 aliphatic carbocycles. The lowest BCUT2D eigenvalue weighted by Gasteiger charge is -2.18. The summed E-state index contributed by atoms with van der Waals surface area (Å²) in [5.74, 6) is 0.0586. The highest BCUT2D eigenvalue weighted by atomic mass is 16.3. The van der Waals surface area contributed by atoms with E-state index in [9.17, 15) is 9.90 Å². The zero-order valence-corrected chi connectivity index (χ0v) is 10.5. The molecule has 19 heavy (non-hydrogen) atoms. The number of benzene rings is 2. The Balaban J connectivity index is 2.07. The second-order valence-electron chi connectivity index (χ2n) is 4.68. The molecule has 3 rings (SSSR count). The van der Waals surface area contributed by atoms with Gasteiger partial charge in [0.25, 0.3) is 0 Å². The average molecular weight is 250 g/mol. The summed E-state index contributed by atoms with van der Waals surface area (Å²) < 4.78 is 0. The molecule has 1 aliphatic rings. The van der Waals surface area contributed by atoms with Crippen molar-refractivity contribution < 1.29 is 9.90 Å². The third-order valence-corrected chi connectivity index (χ3v) is 3.51. The molecule has 0 atom stereocenters. The van der Waals surface area contributed by atoms with Crippen molar-refractivity contribution in [1.82, 2.24) is 0 Å². The van der Waals surface area contributed by atoms with Gasteiger partial charge >= 0.3 is 0 Å². The fourth-order valence-electron chi connectivity index (χ4n) is 2.49. The first-order chi connectivity index (χ1) is 9.27. The van der Waals surface area contributed by atoms with Crippen LogP contribution in [0.3, 0.4) is 0 Å². The number of carbonyl (C=O) groups excluding carboxylic acids is 1. The number of hydrogen-bond acceptors (Lipinski definition) is 2. The van der Waals surface area contributed by atoms with E-state index >= 15 is 0 Å². The molecule has 0 aliphatic heterocycles. The number of ketones is 1. The first kappa shape index (κ1) is 11.7. The van der Waals surface area contributed by atoms with Crippen LogP contribution in [0.5, 0.6) is 0 Å². The highest BCUT2D eigenvalue weighted by Gasteiger charge is 2.24. The molecule has 1 N–H and O–H groups in total. The van der Waals surface area contributed by atoms with E-state index in [-0.39, 0.29) is 11.5 Å². The Kier molecular flexibility index (Phi) is 2.92. The van der Waals surface area contributed by atoms with Crippen molar-refractivity contribution in [3.05, 3.63) is 76.9 Å². The molecule has 0 saturated carbocycles. The quantitative estimate of drug-likeness (QED) is 0.617. The lowest BCUT2D eigenvalue weighted by Crippen LogP contribution is -2.15. The minimum Gasteiger partial charge on any atom is -0.507 e. The standard InChI is InChI=1S/C17H14O2/c18-16(13-7-2-1-3-8-13)15-11-10-12-6-4-5-9-14(12)17(15)19/h1-9,18H,10-11H2/b16-15-. The SMILES string of the molecule is O=C1/C(=C(\O)c2ccccc2)CCc2ccccc21. The van der Waals surface area contributed by atoms with Crippen LogP contribution in [-0.2, 0) is 6.42 Å². The van der Waals surface area contributed by atoms with Gasteiger partial charge in [0.15, 0.2) is 5.78 Å². The van der Waals surface area contributed by atoms with E-state index < -0.39 is 0 Å². The summed E-state index contributed by atoms with van der Waals surface area (Å²) in [6.45, 7) is 0. The molecule has 0 bridgehead atoms. The number of carbonyl (C=O) groups is 1. The molecular weight excluding hydrogens is 236 g/mol. The van der Waals surface area contributed by atoms with E-state index in [0.717, 1.165) is 12.0 Å². The van der Waals surface area contributed by atoms with Gasteiger partial charge in [0, 0.05) is 16.7 Å². The zero-order valence-electron chi connectivity index (χ0n) is 10.5. The third kappa shape index (κ3) is 2.06. The molecule has 0 amide bonds. The van der Waals surface area contributed by atoms with E-state index in [1.165, 1.54) is 0 Å². The summed E-state index contributed by atoms with van der Waals surface area (Å²) in [6, 6.07) is 16.8. The van der Waals surface area contributed by atoms with Gasteiger partial charge in [-0.2, -0.15) is 0 Å². The number of Topliss-reactive ketones (excluding diaryl/α,β-unsaturated/α-hetero) is 1. The maximum absolute atomic E-state index is 12.4. The predicted molar refractivity (Wildman–Crippen MR) is 75.1 cm³/mol. The Labute approximate surface area is 112 Å². The largest absolute Gasteiger partial charge is 0.507 e. The molecule has 0 fully saturated rings. The van der Waals surface area contributed by atoms with Gasteiger partial charge in [0.1, 0.15) is 5.76 Å². The van der Waals surface area contributed by atoms with Crippen molar-refractivity contribution in [1.29, 1.82) is 0 Å². The van der Waals surface area contributed by atoms with Crippen molar-refractivity contribution in [2.75, 3.05) is 0 Å². The van der Waals surface area contributed by atoms with Gasteiger partial charge in [-0.3, -0.25) is 4.79 Å². The fraction of sp³-hybridized carbons (Fsp3) is 0.118. The Morgan fingerprint density at radius 1 is 0.895 bits per heavy atom. The summed E-state index contributed by atoms with van der Waals surface area (Å²) in [5.41, 5.74) is 3.00. The van der Waals surface area contributed by atoms with Crippen molar-refractivity contribution in [2.45, 2.75) is 12.8 Å². The molecule has 94 valence electrons. The number of rotatable bonds is 1. The number of aliphatic hydroxyl groups is 1. The van der Waals surface area contributed by atoms with Gasteiger partial charge in [-0.15, -0.1) is 0 Å². The van der Waals surface area contributed by atoms with Crippen LogP contribution in [0.15, 0.2) is 60.2 Å². The Bertz CT molecular complexity index is 654. The molecule has 0 saturated heterocycles. The smallest absolute Gasteiger partial charge is 0.193 e. The minimum absolute atomic E-state index is 0.0526. The molecule has 0 unspecified atom stereocenters. The molecule has 2 heteroatoms. The second-order valence-corrected chi connectivity index (χ2v) is 4.68. The van der Waals surface area contributed by atoms with Crippen LogP contribution in [0.4, 0.5) is 0 Å². The molecule has 0 radical (unpaired) electrons.